The van der Waals surface area contributed by atoms with Crippen LogP contribution in [0.25, 0.3) is 0 Å². The summed E-state index contributed by atoms with van der Waals surface area (Å²) in [5.74, 6) is -0.407. The highest BCUT2D eigenvalue weighted by Gasteiger charge is 2.14. The zero-order valence-corrected chi connectivity index (χ0v) is 10.1. The molecule has 1 aromatic carbocycles. The molecule has 1 aromatic rings. The van der Waals surface area contributed by atoms with Crippen LogP contribution in [0.2, 0.25) is 5.02 Å². The molecule has 86 valence electrons. The smallest absolute Gasteiger partial charge is 0.141 e. The summed E-state index contributed by atoms with van der Waals surface area (Å²) in [7, 11) is 0. The first-order valence-corrected chi connectivity index (χ1v) is 5.42. The van der Waals surface area contributed by atoms with E-state index in [4.69, 9.17) is 16.9 Å². The largest absolute Gasteiger partial charge is 0.300 e. The summed E-state index contributed by atoms with van der Waals surface area (Å²) in [6.07, 6.45) is 0.713. The molecule has 0 saturated carbocycles. The molecular weight excluding hydrogens is 227 g/mol. The highest BCUT2D eigenvalue weighted by atomic mass is 35.5. The van der Waals surface area contributed by atoms with Gasteiger partial charge < -0.3 is 0 Å². The lowest BCUT2D eigenvalue weighted by molar-refractivity contribution is 0.489. The van der Waals surface area contributed by atoms with Gasteiger partial charge in [-0.25, -0.2) is 4.39 Å². The molecule has 0 aromatic heterocycles. The van der Waals surface area contributed by atoms with E-state index in [9.17, 15) is 4.39 Å². The molecule has 0 amide bonds. The molecule has 0 atom stereocenters. The molecular formula is C12H14ClFN2. The fourth-order valence-electron chi connectivity index (χ4n) is 1.25. The van der Waals surface area contributed by atoms with Crippen molar-refractivity contribution >= 4 is 11.6 Å². The third-order valence-electron chi connectivity index (χ3n) is 2.24. The van der Waals surface area contributed by atoms with Gasteiger partial charge in [-0.15, -0.1) is 0 Å². The first-order chi connectivity index (χ1) is 7.44. The van der Waals surface area contributed by atoms with Crippen molar-refractivity contribution in [2.45, 2.75) is 25.8 Å². The molecule has 0 radical (unpaired) electrons. The predicted molar refractivity (Wildman–Crippen MR) is 62.8 cm³/mol. The molecule has 0 saturated heterocycles. The summed E-state index contributed by atoms with van der Waals surface area (Å²) in [4.78, 5) is 0. The van der Waals surface area contributed by atoms with Crippen LogP contribution in [0, 0.1) is 17.1 Å². The third kappa shape index (κ3) is 3.80. The lowest BCUT2D eigenvalue weighted by Crippen LogP contribution is -2.38. The Morgan fingerprint density at radius 1 is 1.50 bits per heavy atom. The molecule has 4 heteroatoms. The van der Waals surface area contributed by atoms with Crippen molar-refractivity contribution in [3.63, 3.8) is 0 Å². The van der Waals surface area contributed by atoms with Gasteiger partial charge >= 0.3 is 0 Å². The average Bonchev–Trinajstić information content (AvgIpc) is 2.23. The Balaban J connectivity index is 2.50. The van der Waals surface area contributed by atoms with Crippen molar-refractivity contribution in [3.8, 4) is 6.07 Å². The van der Waals surface area contributed by atoms with Gasteiger partial charge in [0.25, 0.3) is 0 Å². The molecule has 0 aliphatic rings. The van der Waals surface area contributed by atoms with E-state index in [0.29, 0.717) is 13.0 Å². The van der Waals surface area contributed by atoms with Crippen LogP contribution in [0.3, 0.4) is 0 Å². The Morgan fingerprint density at radius 3 is 2.75 bits per heavy atom. The second kappa shape index (κ2) is 5.29. The maximum absolute atomic E-state index is 12.9. The number of hydrogen-bond donors (Lipinski definition) is 1. The van der Waals surface area contributed by atoms with Crippen LogP contribution in [-0.4, -0.2) is 12.1 Å². The van der Waals surface area contributed by atoms with Crippen LogP contribution in [0.1, 0.15) is 19.4 Å². The number of benzene rings is 1. The first kappa shape index (κ1) is 13.0. The predicted octanol–water partition coefficient (Wildman–Crippen LogP) is 2.91. The summed E-state index contributed by atoms with van der Waals surface area (Å²) in [5.41, 5.74) is 0.414. The van der Waals surface area contributed by atoms with Gasteiger partial charge in [-0.05, 0) is 38.0 Å². The minimum atomic E-state index is -0.538. The number of nitrogens with one attached hydrogen (secondary N) is 1. The van der Waals surface area contributed by atoms with Crippen LogP contribution in [0.4, 0.5) is 4.39 Å². The van der Waals surface area contributed by atoms with E-state index in [0.717, 1.165) is 5.56 Å². The van der Waals surface area contributed by atoms with Gasteiger partial charge in [-0.2, -0.15) is 5.26 Å². The monoisotopic (exact) mass is 240 g/mol. The summed E-state index contributed by atoms with van der Waals surface area (Å²) in [5, 5.41) is 12.0. The van der Waals surface area contributed by atoms with Gasteiger partial charge in [0.15, 0.2) is 0 Å². The highest BCUT2D eigenvalue weighted by molar-refractivity contribution is 6.30. The first-order valence-electron chi connectivity index (χ1n) is 5.05. The van der Waals surface area contributed by atoms with Crippen LogP contribution < -0.4 is 5.32 Å². The Hall–Kier alpha value is -1.11. The average molecular weight is 241 g/mol. The number of halogens is 2. The minimum absolute atomic E-state index is 0.136. The van der Waals surface area contributed by atoms with Crippen molar-refractivity contribution in [3.05, 3.63) is 34.6 Å². The van der Waals surface area contributed by atoms with Gasteiger partial charge in [-0.3, -0.25) is 5.32 Å². The molecule has 0 heterocycles. The highest BCUT2D eigenvalue weighted by Crippen LogP contribution is 2.16. The lowest BCUT2D eigenvalue weighted by Gasteiger charge is -2.17. The Kier molecular flexibility index (Phi) is 4.28. The molecule has 1 N–H and O–H groups in total. The minimum Gasteiger partial charge on any atom is -0.300 e. The van der Waals surface area contributed by atoms with Crippen LogP contribution >= 0.6 is 11.6 Å². The second-order valence-electron chi connectivity index (χ2n) is 4.16. The van der Waals surface area contributed by atoms with E-state index in [1.807, 2.05) is 13.8 Å². The fourth-order valence-corrected chi connectivity index (χ4v) is 1.46. The molecule has 0 bridgehead atoms. The van der Waals surface area contributed by atoms with E-state index in [2.05, 4.69) is 11.4 Å². The Bertz CT molecular complexity index is 410. The van der Waals surface area contributed by atoms with Gasteiger partial charge in [-0.1, -0.05) is 17.7 Å². The summed E-state index contributed by atoms with van der Waals surface area (Å²) < 4.78 is 12.9. The van der Waals surface area contributed by atoms with Crippen LogP contribution in [0.5, 0.6) is 0 Å². The second-order valence-corrected chi connectivity index (χ2v) is 4.57. The summed E-state index contributed by atoms with van der Waals surface area (Å²) in [6, 6.07) is 6.81. The molecule has 0 unspecified atom stereocenters. The number of nitrogens with zero attached hydrogens (tertiary/aromatic N) is 1. The van der Waals surface area contributed by atoms with E-state index in [1.165, 1.54) is 6.07 Å². The maximum atomic E-state index is 12.9. The molecule has 2 nitrogen and oxygen atoms in total. The van der Waals surface area contributed by atoms with E-state index in [-0.39, 0.29) is 5.02 Å². The van der Waals surface area contributed by atoms with Gasteiger partial charge in [0.1, 0.15) is 11.4 Å². The molecule has 1 rings (SSSR count). The molecule has 0 spiro atoms. The number of rotatable bonds is 4. The number of hydrogen-bond acceptors (Lipinski definition) is 2. The summed E-state index contributed by atoms with van der Waals surface area (Å²) >= 11 is 5.66. The summed E-state index contributed by atoms with van der Waals surface area (Å²) in [6.45, 7) is 4.28. The Morgan fingerprint density at radius 2 is 2.19 bits per heavy atom. The molecule has 0 aliphatic heterocycles. The SMILES string of the molecule is CC(C)(C#N)NCCc1ccc(F)c(Cl)c1. The fraction of sp³-hybridized carbons (Fsp3) is 0.417. The number of nitriles is 1. The van der Waals surface area contributed by atoms with E-state index in [1.54, 1.807) is 12.1 Å². The Labute approximate surface area is 100 Å². The molecule has 0 aliphatic carbocycles. The van der Waals surface area contributed by atoms with Crippen molar-refractivity contribution < 1.29 is 4.39 Å². The van der Waals surface area contributed by atoms with Gasteiger partial charge in [0, 0.05) is 6.54 Å². The third-order valence-corrected chi connectivity index (χ3v) is 2.53. The molecule has 16 heavy (non-hydrogen) atoms. The van der Waals surface area contributed by atoms with Gasteiger partial charge in [0.05, 0.1) is 11.1 Å². The van der Waals surface area contributed by atoms with E-state index >= 15 is 0 Å². The molecule has 0 fully saturated rings. The zero-order chi connectivity index (χ0) is 12.2. The van der Waals surface area contributed by atoms with Crippen molar-refractivity contribution in [1.29, 1.82) is 5.26 Å². The van der Waals surface area contributed by atoms with Crippen LogP contribution in [-0.2, 0) is 6.42 Å². The van der Waals surface area contributed by atoms with E-state index < -0.39 is 11.4 Å². The van der Waals surface area contributed by atoms with Crippen LogP contribution in [0.15, 0.2) is 18.2 Å². The standard InChI is InChI=1S/C12H14ClFN2/c1-12(2,8-15)16-6-5-9-3-4-11(14)10(13)7-9/h3-4,7,16H,5-6H2,1-2H3. The zero-order valence-electron chi connectivity index (χ0n) is 9.35. The normalized spacial score (nSPS) is 11.2. The topological polar surface area (TPSA) is 35.8 Å². The quantitative estimate of drug-likeness (QED) is 0.879. The van der Waals surface area contributed by atoms with Crippen molar-refractivity contribution in [2.75, 3.05) is 6.54 Å². The lowest BCUT2D eigenvalue weighted by atomic mass is 10.1. The van der Waals surface area contributed by atoms with Crippen molar-refractivity contribution in [1.82, 2.24) is 5.32 Å². The van der Waals surface area contributed by atoms with Crippen molar-refractivity contribution in [2.24, 2.45) is 0 Å². The van der Waals surface area contributed by atoms with Gasteiger partial charge in [0.2, 0.25) is 0 Å². The maximum Gasteiger partial charge on any atom is 0.141 e.